The lowest BCUT2D eigenvalue weighted by atomic mass is 9.84. The Morgan fingerprint density at radius 1 is 1.68 bits per heavy atom. The fourth-order valence-corrected chi connectivity index (χ4v) is 3.64. The predicted molar refractivity (Wildman–Crippen MR) is 76.3 cm³/mol. The van der Waals surface area contributed by atoms with E-state index in [1.807, 2.05) is 5.51 Å². The summed E-state index contributed by atoms with van der Waals surface area (Å²) in [5.41, 5.74) is 3.03. The number of hydrogen-bond acceptors (Lipinski definition) is 4. The zero-order valence-electron chi connectivity index (χ0n) is 11.6. The first-order chi connectivity index (χ1) is 9.06. The number of carboxylic acids is 1. The number of likely N-dealkylation sites (tertiary alicyclic amines) is 1. The quantitative estimate of drug-likeness (QED) is 0.902. The molecular weight excluding hydrogens is 260 g/mol. The van der Waals surface area contributed by atoms with Crippen molar-refractivity contribution in [2.24, 2.45) is 11.8 Å². The molecule has 19 heavy (non-hydrogen) atoms. The highest BCUT2D eigenvalue weighted by atomic mass is 32.1. The summed E-state index contributed by atoms with van der Waals surface area (Å²) in [6, 6.07) is 0. The second-order valence-electron chi connectivity index (χ2n) is 5.57. The molecule has 1 aliphatic rings. The Morgan fingerprint density at radius 2 is 2.47 bits per heavy atom. The molecule has 2 atom stereocenters. The minimum Gasteiger partial charge on any atom is -0.481 e. The molecule has 2 rings (SSSR count). The second-order valence-corrected chi connectivity index (χ2v) is 6.51. The summed E-state index contributed by atoms with van der Waals surface area (Å²) >= 11 is 1.72. The molecular formula is C14H22N2O2S. The average molecular weight is 282 g/mol. The molecule has 4 nitrogen and oxygen atoms in total. The normalized spacial score (nSPS) is 22.3. The summed E-state index contributed by atoms with van der Waals surface area (Å²) in [7, 11) is 0. The first-order valence-corrected chi connectivity index (χ1v) is 7.77. The first-order valence-electron chi connectivity index (χ1n) is 6.89. The lowest BCUT2D eigenvalue weighted by Crippen LogP contribution is -2.37. The number of piperidine rings is 1. The Morgan fingerprint density at radius 3 is 3.11 bits per heavy atom. The van der Waals surface area contributed by atoms with E-state index >= 15 is 0 Å². The highest BCUT2D eigenvalue weighted by Gasteiger charge is 2.26. The summed E-state index contributed by atoms with van der Waals surface area (Å²) in [6.45, 7) is 7.23. The summed E-state index contributed by atoms with van der Waals surface area (Å²) in [5, 5.41) is 8.90. The lowest BCUT2D eigenvalue weighted by Gasteiger charge is -2.35. The zero-order chi connectivity index (χ0) is 13.8. The Labute approximate surface area is 118 Å². The van der Waals surface area contributed by atoms with E-state index in [0.717, 1.165) is 31.7 Å². The fourth-order valence-electron chi connectivity index (χ4n) is 2.82. The van der Waals surface area contributed by atoms with E-state index < -0.39 is 5.97 Å². The van der Waals surface area contributed by atoms with Gasteiger partial charge in [-0.2, -0.15) is 0 Å². The molecule has 1 saturated heterocycles. The Bertz CT molecular complexity index is 433. The third kappa shape index (κ3) is 4.01. The van der Waals surface area contributed by atoms with E-state index in [4.69, 9.17) is 5.11 Å². The van der Waals surface area contributed by atoms with Gasteiger partial charge in [-0.25, -0.2) is 4.98 Å². The molecule has 0 saturated carbocycles. The standard InChI is InChI=1S/C14H22N2O2S/c1-10(6-14(17)18)12-4-3-5-16(7-12)8-13-11(2)15-9-19-13/h9-10,12H,3-8H2,1-2H3,(H,17,18). The van der Waals surface area contributed by atoms with Crippen molar-refractivity contribution in [2.75, 3.05) is 13.1 Å². The van der Waals surface area contributed by atoms with Gasteiger partial charge in [0.1, 0.15) is 0 Å². The second kappa shape index (κ2) is 6.48. The summed E-state index contributed by atoms with van der Waals surface area (Å²) in [4.78, 5) is 18.9. The van der Waals surface area contributed by atoms with Crippen molar-refractivity contribution < 1.29 is 9.90 Å². The van der Waals surface area contributed by atoms with Gasteiger partial charge in [-0.1, -0.05) is 6.92 Å². The smallest absolute Gasteiger partial charge is 0.303 e. The van der Waals surface area contributed by atoms with E-state index in [1.165, 1.54) is 11.3 Å². The van der Waals surface area contributed by atoms with Gasteiger partial charge in [0.05, 0.1) is 11.2 Å². The maximum Gasteiger partial charge on any atom is 0.303 e. The minimum absolute atomic E-state index is 0.267. The fraction of sp³-hybridized carbons (Fsp3) is 0.714. The molecule has 2 unspecified atom stereocenters. The summed E-state index contributed by atoms with van der Waals surface area (Å²) in [5.74, 6) is 0.101. The molecule has 0 amide bonds. The van der Waals surface area contributed by atoms with Crippen molar-refractivity contribution in [1.82, 2.24) is 9.88 Å². The van der Waals surface area contributed by atoms with Gasteiger partial charge in [-0.05, 0) is 38.1 Å². The molecule has 0 spiro atoms. The van der Waals surface area contributed by atoms with Crippen LogP contribution in [0.3, 0.4) is 0 Å². The van der Waals surface area contributed by atoms with Crippen LogP contribution < -0.4 is 0 Å². The van der Waals surface area contributed by atoms with Gasteiger partial charge >= 0.3 is 5.97 Å². The first kappa shape index (κ1) is 14.5. The van der Waals surface area contributed by atoms with Gasteiger partial charge in [0.15, 0.2) is 0 Å². The average Bonchev–Trinajstić information content (AvgIpc) is 2.75. The number of aliphatic carboxylic acids is 1. The molecule has 1 aliphatic heterocycles. The maximum atomic E-state index is 10.8. The van der Waals surface area contributed by atoms with Gasteiger partial charge in [0, 0.05) is 24.4 Å². The van der Waals surface area contributed by atoms with E-state index in [1.54, 1.807) is 11.3 Å². The van der Waals surface area contributed by atoms with Crippen molar-refractivity contribution in [3.8, 4) is 0 Å². The molecule has 0 radical (unpaired) electrons. The van der Waals surface area contributed by atoms with E-state index in [9.17, 15) is 4.79 Å². The molecule has 1 aromatic rings. The topological polar surface area (TPSA) is 53.4 Å². The molecule has 0 bridgehead atoms. The largest absolute Gasteiger partial charge is 0.481 e. The van der Waals surface area contributed by atoms with Crippen LogP contribution in [0.4, 0.5) is 0 Å². The minimum atomic E-state index is -0.678. The zero-order valence-corrected chi connectivity index (χ0v) is 12.4. The van der Waals surface area contributed by atoms with Gasteiger partial charge in [0.25, 0.3) is 0 Å². The molecule has 1 aromatic heterocycles. The van der Waals surface area contributed by atoms with Crippen LogP contribution in [0, 0.1) is 18.8 Å². The van der Waals surface area contributed by atoms with E-state index in [0.29, 0.717) is 5.92 Å². The molecule has 0 aliphatic carbocycles. The molecule has 0 aromatic carbocycles. The number of aromatic nitrogens is 1. The number of rotatable bonds is 5. The van der Waals surface area contributed by atoms with Crippen molar-refractivity contribution in [1.29, 1.82) is 0 Å². The Hall–Kier alpha value is -0.940. The third-order valence-electron chi connectivity index (χ3n) is 4.06. The number of carboxylic acid groups (broad SMARTS) is 1. The van der Waals surface area contributed by atoms with Crippen LogP contribution in [0.15, 0.2) is 5.51 Å². The van der Waals surface area contributed by atoms with E-state index in [-0.39, 0.29) is 12.3 Å². The van der Waals surface area contributed by atoms with Crippen LogP contribution in [0.2, 0.25) is 0 Å². The summed E-state index contributed by atoms with van der Waals surface area (Å²) in [6.07, 6.45) is 2.62. The number of hydrogen-bond donors (Lipinski definition) is 1. The van der Waals surface area contributed by atoms with Crippen LogP contribution in [-0.4, -0.2) is 34.0 Å². The highest BCUT2D eigenvalue weighted by molar-refractivity contribution is 7.09. The highest BCUT2D eigenvalue weighted by Crippen LogP contribution is 2.27. The maximum absolute atomic E-state index is 10.8. The van der Waals surface area contributed by atoms with Crippen LogP contribution in [-0.2, 0) is 11.3 Å². The Balaban J connectivity index is 1.90. The molecule has 106 valence electrons. The monoisotopic (exact) mass is 282 g/mol. The molecule has 1 N–H and O–H groups in total. The van der Waals surface area contributed by atoms with Crippen LogP contribution in [0.1, 0.15) is 36.8 Å². The van der Waals surface area contributed by atoms with Crippen molar-refractivity contribution in [3.05, 3.63) is 16.1 Å². The van der Waals surface area contributed by atoms with E-state index in [2.05, 4.69) is 23.7 Å². The van der Waals surface area contributed by atoms with Gasteiger partial charge < -0.3 is 5.11 Å². The van der Waals surface area contributed by atoms with Gasteiger partial charge in [0.2, 0.25) is 0 Å². The number of thiazole rings is 1. The SMILES string of the molecule is Cc1ncsc1CN1CCCC(C(C)CC(=O)O)C1. The van der Waals surface area contributed by atoms with Crippen LogP contribution in [0.25, 0.3) is 0 Å². The van der Waals surface area contributed by atoms with Crippen molar-refractivity contribution in [2.45, 2.75) is 39.7 Å². The van der Waals surface area contributed by atoms with Crippen LogP contribution in [0.5, 0.6) is 0 Å². The van der Waals surface area contributed by atoms with Gasteiger partial charge in [-0.3, -0.25) is 9.69 Å². The van der Waals surface area contributed by atoms with Crippen LogP contribution >= 0.6 is 11.3 Å². The number of aryl methyl sites for hydroxylation is 1. The lowest BCUT2D eigenvalue weighted by molar-refractivity contribution is -0.138. The predicted octanol–water partition coefficient (Wildman–Crippen LogP) is 2.77. The molecule has 5 heteroatoms. The number of carbonyl (C=O) groups is 1. The Kier molecular flexibility index (Phi) is 4.93. The van der Waals surface area contributed by atoms with Gasteiger partial charge in [-0.15, -0.1) is 11.3 Å². The molecule has 2 heterocycles. The number of nitrogens with zero attached hydrogens (tertiary/aromatic N) is 2. The summed E-state index contributed by atoms with van der Waals surface area (Å²) < 4.78 is 0. The molecule has 1 fully saturated rings. The van der Waals surface area contributed by atoms with Crippen molar-refractivity contribution >= 4 is 17.3 Å². The third-order valence-corrected chi connectivity index (χ3v) is 4.98. The van der Waals surface area contributed by atoms with Crippen molar-refractivity contribution in [3.63, 3.8) is 0 Å².